The molecule has 32 heavy (non-hydrogen) atoms. The average molecular weight is 532 g/mol. The topological polar surface area (TPSA) is 99.9 Å². The maximum absolute atomic E-state index is 13.0. The van der Waals surface area contributed by atoms with Crippen LogP contribution in [-0.4, -0.2) is 28.0 Å². The van der Waals surface area contributed by atoms with E-state index in [1.807, 2.05) is 0 Å². The lowest BCUT2D eigenvalue weighted by Gasteiger charge is -2.28. The number of amides is 2. The quantitative estimate of drug-likeness (QED) is 0.282. The molecule has 0 aliphatic carbocycles. The highest BCUT2D eigenvalue weighted by atomic mass is 79.9. The SMILES string of the molecule is O=C1NC(=S)N(c2ccc(Br)cc2)C(=O)C1=Cc1ccc(-c2ccc(C(=O)O)c(Cl)c2)o1. The van der Waals surface area contributed by atoms with Crippen LogP contribution in [0.3, 0.4) is 0 Å². The van der Waals surface area contributed by atoms with Crippen molar-refractivity contribution in [2.75, 3.05) is 4.90 Å². The molecule has 3 aromatic rings. The monoisotopic (exact) mass is 530 g/mol. The van der Waals surface area contributed by atoms with Crippen LogP contribution < -0.4 is 10.2 Å². The van der Waals surface area contributed by atoms with Crippen molar-refractivity contribution in [2.24, 2.45) is 0 Å². The number of nitrogens with one attached hydrogen (secondary N) is 1. The third-order valence-electron chi connectivity index (χ3n) is 4.58. The number of rotatable bonds is 4. The first-order valence-electron chi connectivity index (χ1n) is 9.04. The molecule has 2 N–H and O–H groups in total. The summed E-state index contributed by atoms with van der Waals surface area (Å²) >= 11 is 14.5. The van der Waals surface area contributed by atoms with Crippen LogP contribution in [0.25, 0.3) is 17.4 Å². The van der Waals surface area contributed by atoms with Crippen molar-refractivity contribution in [1.82, 2.24) is 5.32 Å². The highest BCUT2D eigenvalue weighted by molar-refractivity contribution is 9.10. The number of carbonyl (C=O) groups excluding carboxylic acids is 2. The van der Waals surface area contributed by atoms with Crippen LogP contribution in [0.1, 0.15) is 16.1 Å². The van der Waals surface area contributed by atoms with E-state index >= 15 is 0 Å². The minimum absolute atomic E-state index is 0.0206. The molecule has 1 aromatic heterocycles. The van der Waals surface area contributed by atoms with Gasteiger partial charge in [0.25, 0.3) is 11.8 Å². The summed E-state index contributed by atoms with van der Waals surface area (Å²) in [4.78, 5) is 37.8. The van der Waals surface area contributed by atoms with Crippen molar-refractivity contribution < 1.29 is 23.9 Å². The summed E-state index contributed by atoms with van der Waals surface area (Å²) in [7, 11) is 0. The van der Waals surface area contributed by atoms with Gasteiger partial charge in [-0.15, -0.1) is 0 Å². The van der Waals surface area contributed by atoms with E-state index in [0.29, 0.717) is 17.0 Å². The molecule has 1 aliphatic heterocycles. The van der Waals surface area contributed by atoms with Crippen molar-refractivity contribution in [3.05, 3.63) is 81.0 Å². The molecule has 0 radical (unpaired) electrons. The lowest BCUT2D eigenvalue weighted by atomic mass is 10.1. The fraction of sp³-hybridized carbons (Fsp3) is 0. The number of hydrogen-bond donors (Lipinski definition) is 2. The number of anilines is 1. The molecule has 0 saturated carbocycles. The molecule has 2 amide bonds. The lowest BCUT2D eigenvalue weighted by Crippen LogP contribution is -2.54. The first-order chi connectivity index (χ1) is 15.2. The van der Waals surface area contributed by atoms with Gasteiger partial charge in [-0.1, -0.05) is 33.6 Å². The van der Waals surface area contributed by atoms with Crippen LogP contribution in [-0.2, 0) is 9.59 Å². The van der Waals surface area contributed by atoms with Gasteiger partial charge in [-0.25, -0.2) is 4.79 Å². The zero-order valence-corrected chi connectivity index (χ0v) is 19.1. The van der Waals surface area contributed by atoms with E-state index in [4.69, 9.17) is 33.3 Å². The number of carboxylic acids is 1. The second kappa shape index (κ2) is 8.70. The van der Waals surface area contributed by atoms with Gasteiger partial charge in [-0.3, -0.25) is 19.8 Å². The molecule has 2 heterocycles. The average Bonchev–Trinajstić information content (AvgIpc) is 3.21. The first-order valence-corrected chi connectivity index (χ1v) is 10.6. The number of carboxylic acid groups (broad SMARTS) is 1. The number of thiocarbonyl (C=S) groups is 1. The Bertz CT molecular complexity index is 1320. The van der Waals surface area contributed by atoms with Crippen LogP contribution in [0.4, 0.5) is 5.69 Å². The summed E-state index contributed by atoms with van der Waals surface area (Å²) in [5.74, 6) is -1.73. The zero-order chi connectivity index (χ0) is 23.0. The van der Waals surface area contributed by atoms with Crippen molar-refractivity contribution in [1.29, 1.82) is 0 Å². The Morgan fingerprint density at radius 1 is 1.12 bits per heavy atom. The lowest BCUT2D eigenvalue weighted by molar-refractivity contribution is -0.122. The fourth-order valence-electron chi connectivity index (χ4n) is 3.05. The van der Waals surface area contributed by atoms with Gasteiger partial charge < -0.3 is 9.52 Å². The summed E-state index contributed by atoms with van der Waals surface area (Å²) in [5.41, 5.74) is 0.864. The van der Waals surface area contributed by atoms with E-state index < -0.39 is 17.8 Å². The molecule has 0 unspecified atom stereocenters. The maximum atomic E-state index is 13.0. The summed E-state index contributed by atoms with van der Waals surface area (Å²) in [6, 6.07) is 14.5. The molecule has 4 rings (SSSR count). The maximum Gasteiger partial charge on any atom is 0.337 e. The van der Waals surface area contributed by atoms with Crippen LogP contribution in [0.2, 0.25) is 5.02 Å². The Kier molecular flexibility index (Phi) is 5.96. The largest absolute Gasteiger partial charge is 0.478 e. The highest BCUT2D eigenvalue weighted by Gasteiger charge is 2.34. The Hall–Kier alpha value is -3.27. The van der Waals surface area contributed by atoms with Crippen molar-refractivity contribution >= 4 is 74.4 Å². The number of hydrogen-bond acceptors (Lipinski definition) is 5. The fourth-order valence-corrected chi connectivity index (χ4v) is 3.86. The predicted octanol–water partition coefficient (Wildman–Crippen LogP) is 4.89. The molecule has 1 fully saturated rings. The Labute approximate surface area is 200 Å². The summed E-state index contributed by atoms with van der Waals surface area (Å²) < 4.78 is 6.57. The molecular formula is C22H12BrClN2O5S. The van der Waals surface area contributed by atoms with Gasteiger partial charge in [0.1, 0.15) is 17.1 Å². The van der Waals surface area contributed by atoms with E-state index in [1.165, 1.54) is 23.1 Å². The van der Waals surface area contributed by atoms with Gasteiger partial charge in [0, 0.05) is 10.0 Å². The number of nitrogens with zero attached hydrogens (tertiary/aromatic N) is 1. The number of aromatic carboxylic acids is 1. The molecule has 2 aromatic carbocycles. The molecular weight excluding hydrogens is 520 g/mol. The van der Waals surface area contributed by atoms with Gasteiger partial charge in [0.05, 0.1) is 16.3 Å². The van der Waals surface area contributed by atoms with Crippen LogP contribution in [0.5, 0.6) is 0 Å². The van der Waals surface area contributed by atoms with Crippen LogP contribution in [0.15, 0.2) is 69.1 Å². The van der Waals surface area contributed by atoms with Gasteiger partial charge in [0.2, 0.25) is 0 Å². The van der Waals surface area contributed by atoms with E-state index in [9.17, 15) is 14.4 Å². The van der Waals surface area contributed by atoms with Gasteiger partial charge in [-0.2, -0.15) is 0 Å². The first kappa shape index (κ1) is 21.9. The van der Waals surface area contributed by atoms with Gasteiger partial charge in [-0.05, 0) is 66.8 Å². The minimum atomic E-state index is -1.14. The summed E-state index contributed by atoms with van der Waals surface area (Å²) in [6.07, 6.45) is 1.32. The Balaban J connectivity index is 1.65. The van der Waals surface area contributed by atoms with Crippen LogP contribution in [0, 0.1) is 0 Å². The second-order valence-corrected chi connectivity index (χ2v) is 8.35. The normalized spacial score (nSPS) is 15.2. The molecule has 160 valence electrons. The Morgan fingerprint density at radius 3 is 2.50 bits per heavy atom. The van der Waals surface area contributed by atoms with Gasteiger partial charge in [0.15, 0.2) is 5.11 Å². The summed E-state index contributed by atoms with van der Waals surface area (Å²) in [6.45, 7) is 0. The number of furan rings is 1. The molecule has 0 bridgehead atoms. The highest BCUT2D eigenvalue weighted by Crippen LogP contribution is 2.29. The molecule has 0 atom stereocenters. The molecule has 1 saturated heterocycles. The van der Waals surface area contributed by atoms with Gasteiger partial charge >= 0.3 is 5.97 Å². The summed E-state index contributed by atoms with van der Waals surface area (Å²) in [5, 5.41) is 11.6. The van der Waals surface area contributed by atoms with E-state index in [-0.39, 0.29) is 27.0 Å². The van der Waals surface area contributed by atoms with Crippen molar-refractivity contribution in [3.8, 4) is 11.3 Å². The van der Waals surface area contributed by atoms with E-state index in [1.54, 1.807) is 42.5 Å². The van der Waals surface area contributed by atoms with Crippen molar-refractivity contribution in [3.63, 3.8) is 0 Å². The third-order valence-corrected chi connectivity index (χ3v) is 5.71. The minimum Gasteiger partial charge on any atom is -0.478 e. The molecule has 7 nitrogen and oxygen atoms in total. The van der Waals surface area contributed by atoms with Crippen LogP contribution >= 0.6 is 39.7 Å². The molecule has 0 spiro atoms. The smallest absolute Gasteiger partial charge is 0.337 e. The zero-order valence-electron chi connectivity index (χ0n) is 16.0. The van der Waals surface area contributed by atoms with Crippen molar-refractivity contribution in [2.45, 2.75) is 0 Å². The molecule has 10 heteroatoms. The number of carbonyl (C=O) groups is 3. The number of halogens is 2. The van der Waals surface area contributed by atoms with E-state index in [2.05, 4.69) is 21.2 Å². The number of benzene rings is 2. The Morgan fingerprint density at radius 2 is 1.84 bits per heavy atom. The second-order valence-electron chi connectivity index (χ2n) is 6.64. The standard InChI is InChI=1S/C22H12BrClN2O5S/c23-12-2-4-13(5-3-12)26-20(28)16(19(27)25-22(26)32)10-14-6-8-18(31-14)11-1-7-15(21(29)30)17(24)9-11/h1-10H,(H,29,30)(H,25,27,32). The van der Waals surface area contributed by atoms with E-state index in [0.717, 1.165) is 4.47 Å². The predicted molar refractivity (Wildman–Crippen MR) is 126 cm³/mol. The molecule has 1 aliphatic rings. The third kappa shape index (κ3) is 4.22.